The van der Waals surface area contributed by atoms with Gasteiger partial charge in [0.05, 0.1) is 23.2 Å². The summed E-state index contributed by atoms with van der Waals surface area (Å²) >= 11 is 0. The quantitative estimate of drug-likeness (QED) is 0.689. The van der Waals surface area contributed by atoms with E-state index in [1.54, 1.807) is 6.20 Å². The van der Waals surface area contributed by atoms with Crippen molar-refractivity contribution in [1.29, 1.82) is 0 Å². The Balaban J connectivity index is 1.52. The van der Waals surface area contributed by atoms with E-state index in [1.165, 1.54) is 0 Å². The zero-order valence-corrected chi connectivity index (χ0v) is 18.4. The van der Waals surface area contributed by atoms with Crippen LogP contribution < -0.4 is 0 Å². The van der Waals surface area contributed by atoms with Crippen molar-refractivity contribution in [1.82, 2.24) is 19.6 Å². The van der Waals surface area contributed by atoms with E-state index in [0.717, 1.165) is 23.5 Å². The molecule has 1 amide bonds. The number of carbonyl (C=O) groups is 1. The van der Waals surface area contributed by atoms with Crippen LogP contribution in [0.3, 0.4) is 0 Å². The maximum absolute atomic E-state index is 13.2. The molecule has 6 nitrogen and oxygen atoms in total. The Labute approximate surface area is 183 Å². The molecular weight excluding hydrogens is 388 g/mol. The first-order valence-corrected chi connectivity index (χ1v) is 10.8. The molecule has 2 aromatic carbocycles. The summed E-state index contributed by atoms with van der Waals surface area (Å²) in [5.74, 6) is 0.0324. The fourth-order valence-electron chi connectivity index (χ4n) is 4.20. The number of amides is 1. The highest BCUT2D eigenvalue weighted by molar-refractivity contribution is 5.95. The number of aliphatic hydroxyl groups is 1. The van der Waals surface area contributed by atoms with Crippen molar-refractivity contribution in [3.63, 3.8) is 0 Å². The SMILES string of the molecule is CC1CN(C(=O)c2cccc(-n3nccc3-c3ccccc3)c2)CCN1CC(C)(C)O. The minimum Gasteiger partial charge on any atom is -0.389 e. The molecule has 0 spiro atoms. The van der Waals surface area contributed by atoms with E-state index in [9.17, 15) is 9.90 Å². The Morgan fingerprint density at radius 2 is 1.87 bits per heavy atom. The molecule has 1 aliphatic rings. The molecule has 6 heteroatoms. The van der Waals surface area contributed by atoms with Crippen LogP contribution in [0, 0.1) is 0 Å². The van der Waals surface area contributed by atoms with E-state index in [4.69, 9.17) is 0 Å². The van der Waals surface area contributed by atoms with Crippen LogP contribution in [0.4, 0.5) is 0 Å². The largest absolute Gasteiger partial charge is 0.389 e. The number of nitrogens with zero attached hydrogens (tertiary/aromatic N) is 4. The number of hydrogen-bond donors (Lipinski definition) is 1. The van der Waals surface area contributed by atoms with Gasteiger partial charge in [-0.05, 0) is 45.0 Å². The molecule has 1 aromatic heterocycles. The molecule has 0 saturated carbocycles. The summed E-state index contributed by atoms with van der Waals surface area (Å²) in [6.45, 7) is 8.42. The Bertz CT molecular complexity index is 1040. The molecule has 3 aromatic rings. The summed E-state index contributed by atoms with van der Waals surface area (Å²) in [4.78, 5) is 17.4. The lowest BCUT2D eigenvalue weighted by Crippen LogP contribution is -2.56. The fourth-order valence-corrected chi connectivity index (χ4v) is 4.20. The number of β-amino-alcohol motifs (C(OH)–C–C–N with tert-alkyl or cyclic N) is 1. The number of hydrogen-bond acceptors (Lipinski definition) is 4. The van der Waals surface area contributed by atoms with Crippen molar-refractivity contribution < 1.29 is 9.90 Å². The van der Waals surface area contributed by atoms with Gasteiger partial charge in [-0.15, -0.1) is 0 Å². The Hall–Kier alpha value is -2.96. The molecule has 1 aliphatic heterocycles. The Kier molecular flexibility index (Phi) is 5.94. The average Bonchev–Trinajstić information content (AvgIpc) is 3.24. The molecule has 0 bridgehead atoms. The van der Waals surface area contributed by atoms with Crippen molar-refractivity contribution in [3.8, 4) is 16.9 Å². The van der Waals surface area contributed by atoms with E-state index in [1.807, 2.05) is 72.0 Å². The highest BCUT2D eigenvalue weighted by Gasteiger charge is 2.30. The summed E-state index contributed by atoms with van der Waals surface area (Å²) in [5, 5.41) is 14.6. The molecule has 31 heavy (non-hydrogen) atoms. The maximum Gasteiger partial charge on any atom is 0.254 e. The molecule has 1 saturated heterocycles. The zero-order valence-electron chi connectivity index (χ0n) is 18.4. The third-order valence-electron chi connectivity index (χ3n) is 5.69. The van der Waals surface area contributed by atoms with Crippen LogP contribution in [0.15, 0.2) is 66.9 Å². The molecule has 162 valence electrons. The van der Waals surface area contributed by atoms with Gasteiger partial charge in [0.1, 0.15) is 0 Å². The minimum atomic E-state index is -0.741. The summed E-state index contributed by atoms with van der Waals surface area (Å²) < 4.78 is 1.87. The molecule has 2 heterocycles. The van der Waals surface area contributed by atoms with E-state index >= 15 is 0 Å². The van der Waals surface area contributed by atoms with Gasteiger partial charge in [0, 0.05) is 43.3 Å². The number of piperazine rings is 1. The second-order valence-electron chi connectivity index (χ2n) is 8.93. The van der Waals surface area contributed by atoms with Crippen molar-refractivity contribution in [2.45, 2.75) is 32.4 Å². The van der Waals surface area contributed by atoms with Crippen LogP contribution in [0.2, 0.25) is 0 Å². The summed E-state index contributed by atoms with van der Waals surface area (Å²) in [5.41, 5.74) is 2.85. The first-order valence-electron chi connectivity index (χ1n) is 10.8. The summed E-state index contributed by atoms with van der Waals surface area (Å²) in [6, 6.07) is 19.9. The smallest absolute Gasteiger partial charge is 0.254 e. The van der Waals surface area contributed by atoms with Crippen LogP contribution >= 0.6 is 0 Å². The lowest BCUT2D eigenvalue weighted by molar-refractivity contribution is -0.00143. The Morgan fingerprint density at radius 3 is 2.58 bits per heavy atom. The van der Waals surface area contributed by atoms with Gasteiger partial charge in [-0.3, -0.25) is 9.69 Å². The average molecular weight is 419 g/mol. The van der Waals surface area contributed by atoms with E-state index < -0.39 is 5.60 Å². The van der Waals surface area contributed by atoms with Gasteiger partial charge in [0.2, 0.25) is 0 Å². The molecule has 4 rings (SSSR count). The third-order valence-corrected chi connectivity index (χ3v) is 5.69. The molecule has 1 atom stereocenters. The van der Waals surface area contributed by atoms with Crippen LogP contribution in [0.25, 0.3) is 16.9 Å². The zero-order chi connectivity index (χ0) is 22.0. The maximum atomic E-state index is 13.2. The fraction of sp³-hybridized carbons (Fsp3) is 0.360. The van der Waals surface area contributed by atoms with Crippen LogP contribution in [-0.4, -0.2) is 68.4 Å². The molecule has 1 N–H and O–H groups in total. The minimum absolute atomic E-state index is 0.0324. The first-order chi connectivity index (χ1) is 14.8. The lowest BCUT2D eigenvalue weighted by atomic mass is 10.1. The standard InChI is InChI=1S/C25H30N4O2/c1-19-17-27(14-15-28(19)18-25(2,3)31)24(30)21-10-7-11-22(16-21)29-23(12-13-26-29)20-8-5-4-6-9-20/h4-13,16,19,31H,14-15,17-18H2,1-3H3. The highest BCUT2D eigenvalue weighted by atomic mass is 16.3. The molecule has 0 radical (unpaired) electrons. The van der Waals surface area contributed by atoms with Gasteiger partial charge < -0.3 is 10.0 Å². The van der Waals surface area contributed by atoms with Gasteiger partial charge >= 0.3 is 0 Å². The summed E-state index contributed by atoms with van der Waals surface area (Å²) in [6.07, 6.45) is 1.78. The lowest BCUT2D eigenvalue weighted by Gasteiger charge is -2.42. The highest BCUT2D eigenvalue weighted by Crippen LogP contribution is 2.23. The van der Waals surface area contributed by atoms with Gasteiger partial charge in [-0.25, -0.2) is 4.68 Å². The number of carbonyl (C=O) groups excluding carboxylic acids is 1. The second kappa shape index (κ2) is 8.65. The van der Waals surface area contributed by atoms with E-state index in [2.05, 4.69) is 29.1 Å². The van der Waals surface area contributed by atoms with Crippen molar-refractivity contribution in [2.75, 3.05) is 26.2 Å². The van der Waals surface area contributed by atoms with Crippen LogP contribution in [-0.2, 0) is 0 Å². The Morgan fingerprint density at radius 1 is 1.10 bits per heavy atom. The molecule has 1 fully saturated rings. The third kappa shape index (κ3) is 4.86. The summed E-state index contributed by atoms with van der Waals surface area (Å²) in [7, 11) is 0. The number of rotatable bonds is 5. The number of benzene rings is 2. The second-order valence-corrected chi connectivity index (χ2v) is 8.93. The molecule has 0 aliphatic carbocycles. The van der Waals surface area contributed by atoms with Crippen molar-refractivity contribution >= 4 is 5.91 Å². The normalized spacial score (nSPS) is 17.7. The predicted molar refractivity (Wildman–Crippen MR) is 122 cm³/mol. The monoisotopic (exact) mass is 418 g/mol. The molecular formula is C25H30N4O2. The van der Waals surface area contributed by atoms with Crippen molar-refractivity contribution in [2.24, 2.45) is 0 Å². The van der Waals surface area contributed by atoms with Crippen LogP contribution in [0.5, 0.6) is 0 Å². The van der Waals surface area contributed by atoms with Gasteiger partial charge in [-0.2, -0.15) is 5.10 Å². The number of aromatic nitrogens is 2. The van der Waals surface area contributed by atoms with Crippen molar-refractivity contribution in [3.05, 3.63) is 72.4 Å². The van der Waals surface area contributed by atoms with E-state index in [-0.39, 0.29) is 11.9 Å². The topological polar surface area (TPSA) is 61.6 Å². The van der Waals surface area contributed by atoms with Gasteiger partial charge in [0.25, 0.3) is 5.91 Å². The first kappa shape index (κ1) is 21.3. The molecule has 1 unspecified atom stereocenters. The van der Waals surface area contributed by atoms with Gasteiger partial charge in [-0.1, -0.05) is 36.4 Å². The van der Waals surface area contributed by atoms with E-state index in [0.29, 0.717) is 25.2 Å². The predicted octanol–water partition coefficient (Wildman–Crippen LogP) is 3.46. The van der Waals surface area contributed by atoms with Crippen LogP contribution in [0.1, 0.15) is 31.1 Å². The van der Waals surface area contributed by atoms with Gasteiger partial charge in [0.15, 0.2) is 0 Å².